The van der Waals surface area contributed by atoms with Gasteiger partial charge in [0.1, 0.15) is 35.0 Å². The van der Waals surface area contributed by atoms with E-state index in [4.69, 9.17) is 9.47 Å². The first-order valence-corrected chi connectivity index (χ1v) is 9.71. The number of carbonyl (C=O) groups is 1. The quantitative estimate of drug-likeness (QED) is 0.521. The Morgan fingerprint density at radius 1 is 1.29 bits per heavy atom. The molecule has 0 fully saturated rings. The van der Waals surface area contributed by atoms with Crippen molar-refractivity contribution in [2.75, 3.05) is 6.61 Å². The normalized spacial score (nSPS) is 18.1. The van der Waals surface area contributed by atoms with Crippen molar-refractivity contribution in [2.45, 2.75) is 72.5 Å². The summed E-state index contributed by atoms with van der Waals surface area (Å²) in [5.41, 5.74) is 2.41. The van der Waals surface area contributed by atoms with Crippen molar-refractivity contribution in [3.05, 3.63) is 40.5 Å². The SMILES string of the molecule is CC(=O)c1c(O)cc(OC/C=C(\C)CCC=C(C)C)c2c1OC(C)(C)[C@H](O)C2. The highest BCUT2D eigenvalue weighted by Crippen LogP contribution is 2.45. The molecule has 5 nitrogen and oxygen atoms in total. The summed E-state index contributed by atoms with van der Waals surface area (Å²) in [7, 11) is 0. The zero-order valence-electron chi connectivity index (χ0n) is 17.8. The molecular weight excluding hydrogens is 356 g/mol. The molecule has 0 bridgehead atoms. The van der Waals surface area contributed by atoms with Crippen LogP contribution in [0.15, 0.2) is 29.4 Å². The molecule has 0 aromatic heterocycles. The van der Waals surface area contributed by atoms with Crippen molar-refractivity contribution < 1.29 is 24.5 Å². The smallest absolute Gasteiger partial charge is 0.167 e. The number of fused-ring (bicyclic) bond motifs is 1. The van der Waals surface area contributed by atoms with Crippen LogP contribution in [0.3, 0.4) is 0 Å². The van der Waals surface area contributed by atoms with E-state index in [0.717, 1.165) is 12.8 Å². The number of ketones is 1. The second kappa shape index (κ2) is 8.82. The third-order valence-electron chi connectivity index (χ3n) is 5.00. The maximum atomic E-state index is 12.0. The first kappa shape index (κ1) is 22.0. The molecule has 0 unspecified atom stereocenters. The highest BCUT2D eigenvalue weighted by atomic mass is 16.5. The molecule has 1 aliphatic heterocycles. The van der Waals surface area contributed by atoms with E-state index in [-0.39, 0.29) is 17.1 Å². The Morgan fingerprint density at radius 2 is 1.96 bits per heavy atom. The van der Waals surface area contributed by atoms with Crippen molar-refractivity contribution in [2.24, 2.45) is 0 Å². The largest absolute Gasteiger partial charge is 0.507 e. The van der Waals surface area contributed by atoms with Crippen LogP contribution in [0.4, 0.5) is 0 Å². The van der Waals surface area contributed by atoms with Crippen molar-refractivity contribution in [1.29, 1.82) is 0 Å². The van der Waals surface area contributed by atoms with Gasteiger partial charge in [-0.25, -0.2) is 0 Å². The maximum Gasteiger partial charge on any atom is 0.167 e. The van der Waals surface area contributed by atoms with Gasteiger partial charge in [-0.1, -0.05) is 17.2 Å². The molecular formula is C23H32O5. The predicted octanol–water partition coefficient (Wildman–Crippen LogP) is 4.74. The average Bonchev–Trinajstić information content (AvgIpc) is 2.55. The predicted molar refractivity (Wildman–Crippen MR) is 110 cm³/mol. The van der Waals surface area contributed by atoms with Crippen LogP contribution in [-0.2, 0) is 6.42 Å². The summed E-state index contributed by atoms with van der Waals surface area (Å²) in [5, 5.41) is 20.8. The molecule has 0 saturated carbocycles. The van der Waals surface area contributed by atoms with Crippen LogP contribution in [0.25, 0.3) is 0 Å². The second-order valence-corrected chi connectivity index (χ2v) is 8.24. The van der Waals surface area contributed by atoms with Crippen molar-refractivity contribution in [3.8, 4) is 17.2 Å². The minimum Gasteiger partial charge on any atom is -0.507 e. The van der Waals surface area contributed by atoms with Gasteiger partial charge in [-0.05, 0) is 60.5 Å². The van der Waals surface area contributed by atoms with Gasteiger partial charge in [0.15, 0.2) is 5.78 Å². The number of allylic oxidation sites excluding steroid dienone is 3. The summed E-state index contributed by atoms with van der Waals surface area (Å²) in [4.78, 5) is 12.0. The molecule has 0 radical (unpaired) electrons. The van der Waals surface area contributed by atoms with Crippen LogP contribution in [0.5, 0.6) is 17.2 Å². The number of benzene rings is 1. The lowest BCUT2D eigenvalue weighted by atomic mass is 9.88. The number of hydrogen-bond donors (Lipinski definition) is 2. The molecule has 1 aromatic carbocycles. The number of ether oxygens (including phenoxy) is 2. The van der Waals surface area contributed by atoms with Gasteiger partial charge in [0, 0.05) is 18.1 Å². The molecule has 5 heteroatoms. The molecule has 0 amide bonds. The van der Waals surface area contributed by atoms with Gasteiger partial charge >= 0.3 is 0 Å². The zero-order valence-corrected chi connectivity index (χ0v) is 17.8. The van der Waals surface area contributed by atoms with Crippen LogP contribution in [-0.4, -0.2) is 34.3 Å². The number of Topliss-reactive ketones (excluding diaryl/α,β-unsaturated/α-hetero) is 1. The lowest BCUT2D eigenvalue weighted by Crippen LogP contribution is -2.46. The molecule has 2 N–H and O–H groups in total. The summed E-state index contributed by atoms with van der Waals surface area (Å²) in [6.45, 7) is 11.5. The van der Waals surface area contributed by atoms with Gasteiger partial charge in [-0.3, -0.25) is 4.79 Å². The minimum atomic E-state index is -0.857. The first-order valence-electron chi connectivity index (χ1n) is 9.71. The van der Waals surface area contributed by atoms with Gasteiger partial charge in [0.2, 0.25) is 0 Å². The summed E-state index contributed by atoms with van der Waals surface area (Å²) < 4.78 is 11.8. The molecule has 0 spiro atoms. The summed E-state index contributed by atoms with van der Waals surface area (Å²) in [6, 6.07) is 1.44. The van der Waals surface area contributed by atoms with Crippen LogP contribution >= 0.6 is 0 Å². The van der Waals surface area contributed by atoms with E-state index in [1.165, 1.54) is 24.1 Å². The number of rotatable bonds is 7. The summed E-state index contributed by atoms with van der Waals surface area (Å²) >= 11 is 0. The molecule has 1 heterocycles. The average molecular weight is 389 g/mol. The van der Waals surface area contributed by atoms with Gasteiger partial charge in [0.05, 0.1) is 6.10 Å². The van der Waals surface area contributed by atoms with E-state index in [1.807, 2.05) is 6.08 Å². The molecule has 154 valence electrons. The number of carbonyl (C=O) groups excluding carboxylic acids is 1. The Balaban J connectivity index is 2.25. The van der Waals surface area contributed by atoms with E-state index in [0.29, 0.717) is 30.1 Å². The van der Waals surface area contributed by atoms with Crippen molar-refractivity contribution in [1.82, 2.24) is 0 Å². The first-order chi connectivity index (χ1) is 13.0. The lowest BCUT2D eigenvalue weighted by molar-refractivity contribution is -0.0422. The van der Waals surface area contributed by atoms with Crippen molar-refractivity contribution >= 4 is 5.78 Å². The van der Waals surface area contributed by atoms with Crippen LogP contribution in [0, 0.1) is 0 Å². The van der Waals surface area contributed by atoms with E-state index in [2.05, 4.69) is 26.8 Å². The Kier molecular flexibility index (Phi) is 6.94. The molecule has 1 aromatic rings. The van der Waals surface area contributed by atoms with Crippen LogP contribution in [0.2, 0.25) is 0 Å². The number of phenols is 1. The second-order valence-electron chi connectivity index (χ2n) is 8.24. The van der Waals surface area contributed by atoms with E-state index in [9.17, 15) is 15.0 Å². The number of hydrogen-bond acceptors (Lipinski definition) is 5. The topological polar surface area (TPSA) is 76.0 Å². The van der Waals surface area contributed by atoms with Crippen LogP contribution in [0.1, 0.15) is 70.3 Å². The fraction of sp³-hybridized carbons (Fsp3) is 0.522. The third-order valence-corrected chi connectivity index (χ3v) is 5.00. The van der Waals surface area contributed by atoms with Gasteiger partial charge in [0.25, 0.3) is 0 Å². The summed E-state index contributed by atoms with van der Waals surface area (Å²) in [5.74, 6) is 0.280. The Morgan fingerprint density at radius 3 is 2.57 bits per heavy atom. The van der Waals surface area contributed by atoms with E-state index in [1.54, 1.807) is 13.8 Å². The number of aromatic hydroxyl groups is 1. The molecule has 1 atom stereocenters. The van der Waals surface area contributed by atoms with E-state index >= 15 is 0 Å². The highest BCUT2D eigenvalue weighted by molar-refractivity contribution is 6.00. The maximum absolute atomic E-state index is 12.0. The lowest BCUT2D eigenvalue weighted by Gasteiger charge is -2.38. The number of phenolic OH excluding ortho intramolecular Hbond substituents is 1. The van der Waals surface area contributed by atoms with E-state index < -0.39 is 11.7 Å². The molecule has 28 heavy (non-hydrogen) atoms. The Labute approximate surface area is 167 Å². The molecule has 2 rings (SSSR count). The number of aliphatic hydroxyl groups is 1. The molecule has 0 aliphatic carbocycles. The minimum absolute atomic E-state index is 0.135. The molecule has 1 aliphatic rings. The Bertz CT molecular complexity index is 798. The highest BCUT2D eigenvalue weighted by Gasteiger charge is 2.39. The van der Waals surface area contributed by atoms with Gasteiger partial charge in [-0.2, -0.15) is 0 Å². The standard InChI is InChI=1S/C23H32O5/c1-14(2)8-7-9-15(3)10-11-27-19-13-18(25)21(16(4)24)22-17(19)12-20(26)23(5,6)28-22/h8,10,13,20,25-26H,7,9,11-12H2,1-6H3/b15-10+/t20-/m1/s1. The van der Waals surface area contributed by atoms with Crippen LogP contribution < -0.4 is 9.47 Å². The molecule has 0 saturated heterocycles. The third kappa shape index (κ3) is 5.16. The zero-order chi connectivity index (χ0) is 21.1. The Hall–Kier alpha value is -2.27. The fourth-order valence-electron chi connectivity index (χ4n) is 3.17. The van der Waals surface area contributed by atoms with Crippen molar-refractivity contribution in [3.63, 3.8) is 0 Å². The monoisotopic (exact) mass is 388 g/mol. The van der Waals surface area contributed by atoms with Gasteiger partial charge < -0.3 is 19.7 Å². The summed E-state index contributed by atoms with van der Waals surface area (Å²) in [6.07, 6.45) is 5.70. The fourth-order valence-corrected chi connectivity index (χ4v) is 3.17. The van der Waals surface area contributed by atoms with Gasteiger partial charge in [-0.15, -0.1) is 0 Å². The number of aliphatic hydroxyl groups excluding tert-OH is 1.